The van der Waals surface area contributed by atoms with E-state index in [1.807, 2.05) is 6.07 Å². The number of nitrogens with one attached hydrogen (secondary N) is 1. The average molecular weight is 202 g/mol. The van der Waals surface area contributed by atoms with Gasteiger partial charge in [-0.25, -0.2) is 4.98 Å². The topological polar surface area (TPSA) is 67.6 Å². The highest BCUT2D eigenvalue weighted by molar-refractivity contribution is 5.54. The number of imidazole rings is 1. The van der Waals surface area contributed by atoms with Crippen molar-refractivity contribution in [2.24, 2.45) is 5.73 Å². The maximum Gasteiger partial charge on any atom is 0.156 e. The summed E-state index contributed by atoms with van der Waals surface area (Å²) in [6.45, 7) is 2.58. The molecule has 15 heavy (non-hydrogen) atoms. The Morgan fingerprint density at radius 2 is 2.27 bits per heavy atom. The fraction of sp³-hybridized carbons (Fsp3) is 0.273. The Morgan fingerprint density at radius 3 is 2.93 bits per heavy atom. The van der Waals surface area contributed by atoms with Gasteiger partial charge in [-0.15, -0.1) is 0 Å². The molecule has 0 amide bonds. The maximum absolute atomic E-state index is 5.52. The Morgan fingerprint density at radius 1 is 1.40 bits per heavy atom. The number of rotatable bonds is 3. The van der Waals surface area contributed by atoms with Crippen molar-refractivity contribution in [3.8, 4) is 11.5 Å². The molecule has 4 heteroatoms. The van der Waals surface area contributed by atoms with Gasteiger partial charge in [-0.1, -0.05) is 13.0 Å². The van der Waals surface area contributed by atoms with E-state index in [9.17, 15) is 0 Å². The van der Waals surface area contributed by atoms with Crippen LogP contribution in [0.25, 0.3) is 11.5 Å². The minimum Gasteiger partial charge on any atom is -0.339 e. The van der Waals surface area contributed by atoms with Crippen molar-refractivity contribution in [2.75, 3.05) is 0 Å². The summed E-state index contributed by atoms with van der Waals surface area (Å²) < 4.78 is 0. The molecule has 0 fully saturated rings. The molecule has 3 N–H and O–H groups in total. The molecule has 0 aliphatic heterocycles. The number of hydrogen-bond acceptors (Lipinski definition) is 3. The van der Waals surface area contributed by atoms with Crippen molar-refractivity contribution in [2.45, 2.75) is 19.9 Å². The molecule has 0 unspecified atom stereocenters. The lowest BCUT2D eigenvalue weighted by atomic mass is 10.1. The van der Waals surface area contributed by atoms with Crippen LogP contribution in [-0.2, 0) is 13.0 Å². The first-order valence-corrected chi connectivity index (χ1v) is 5.03. The van der Waals surface area contributed by atoms with Gasteiger partial charge in [0.05, 0.1) is 0 Å². The number of hydrogen-bond donors (Lipinski definition) is 2. The summed E-state index contributed by atoms with van der Waals surface area (Å²) in [7, 11) is 0. The highest BCUT2D eigenvalue weighted by Gasteiger charge is 2.07. The van der Waals surface area contributed by atoms with Gasteiger partial charge in [0, 0.05) is 24.6 Å². The predicted octanol–water partition coefficient (Wildman–Crippen LogP) is 1.49. The van der Waals surface area contributed by atoms with Crippen LogP contribution < -0.4 is 5.73 Å². The lowest BCUT2D eigenvalue weighted by molar-refractivity contribution is 1.01. The first-order valence-electron chi connectivity index (χ1n) is 5.03. The third-order valence-electron chi connectivity index (χ3n) is 2.34. The fourth-order valence-electron chi connectivity index (χ4n) is 1.52. The second-order valence-corrected chi connectivity index (χ2v) is 3.33. The van der Waals surface area contributed by atoms with E-state index in [-0.39, 0.29) is 0 Å². The molecule has 0 atom stereocenters. The number of aromatic nitrogens is 3. The number of aromatic amines is 1. The van der Waals surface area contributed by atoms with E-state index in [1.54, 1.807) is 12.4 Å². The van der Waals surface area contributed by atoms with E-state index in [1.165, 1.54) is 5.56 Å². The molecule has 0 radical (unpaired) electrons. The van der Waals surface area contributed by atoms with Gasteiger partial charge < -0.3 is 10.7 Å². The zero-order chi connectivity index (χ0) is 10.7. The van der Waals surface area contributed by atoms with E-state index in [4.69, 9.17) is 5.73 Å². The third-order valence-corrected chi connectivity index (χ3v) is 2.34. The predicted molar refractivity (Wildman–Crippen MR) is 59.1 cm³/mol. The van der Waals surface area contributed by atoms with Crippen LogP contribution in [0.15, 0.2) is 24.5 Å². The quantitative estimate of drug-likeness (QED) is 0.792. The number of pyridine rings is 1. The molecular weight excluding hydrogens is 188 g/mol. The highest BCUT2D eigenvalue weighted by atomic mass is 15.0. The largest absolute Gasteiger partial charge is 0.339 e. The number of nitrogens with two attached hydrogens (primary N) is 1. The van der Waals surface area contributed by atoms with Gasteiger partial charge in [0.15, 0.2) is 5.82 Å². The zero-order valence-corrected chi connectivity index (χ0v) is 8.70. The van der Waals surface area contributed by atoms with Gasteiger partial charge in [0.2, 0.25) is 0 Å². The highest BCUT2D eigenvalue weighted by Crippen LogP contribution is 2.18. The summed E-state index contributed by atoms with van der Waals surface area (Å²) in [4.78, 5) is 11.8. The van der Waals surface area contributed by atoms with Crippen LogP contribution in [0.4, 0.5) is 0 Å². The summed E-state index contributed by atoms with van der Waals surface area (Å²) >= 11 is 0. The first kappa shape index (κ1) is 9.86. The fourth-order valence-corrected chi connectivity index (χ4v) is 1.52. The van der Waals surface area contributed by atoms with E-state index in [0.717, 1.165) is 23.6 Å². The molecule has 0 aliphatic carbocycles. The molecule has 0 saturated heterocycles. The van der Waals surface area contributed by atoms with Crippen molar-refractivity contribution >= 4 is 0 Å². The minimum atomic E-state index is 0.474. The molecule has 0 aromatic carbocycles. The van der Waals surface area contributed by atoms with Crippen LogP contribution in [0.2, 0.25) is 0 Å². The van der Waals surface area contributed by atoms with E-state index in [2.05, 4.69) is 27.9 Å². The first-order chi connectivity index (χ1) is 7.35. The van der Waals surface area contributed by atoms with Crippen LogP contribution in [0.5, 0.6) is 0 Å². The zero-order valence-electron chi connectivity index (χ0n) is 8.70. The van der Waals surface area contributed by atoms with Crippen LogP contribution in [-0.4, -0.2) is 15.0 Å². The van der Waals surface area contributed by atoms with Gasteiger partial charge in [0.25, 0.3) is 0 Å². The van der Waals surface area contributed by atoms with Crippen LogP contribution in [0, 0.1) is 0 Å². The van der Waals surface area contributed by atoms with Crippen molar-refractivity contribution < 1.29 is 0 Å². The van der Waals surface area contributed by atoms with E-state index < -0.39 is 0 Å². The van der Waals surface area contributed by atoms with Crippen molar-refractivity contribution in [3.05, 3.63) is 35.8 Å². The maximum atomic E-state index is 5.52. The summed E-state index contributed by atoms with van der Waals surface area (Å²) in [6, 6.07) is 4.00. The summed E-state index contributed by atoms with van der Waals surface area (Å²) in [5.41, 5.74) is 8.56. The van der Waals surface area contributed by atoms with Gasteiger partial charge in [-0.2, -0.15) is 0 Å². The van der Waals surface area contributed by atoms with Gasteiger partial charge >= 0.3 is 0 Å². The molecule has 0 saturated carbocycles. The standard InChI is InChI=1S/C11H14N4/c1-2-8-4-3-5-13-10(8)11-14-7-9(6-12)15-11/h3-5,7H,2,6,12H2,1H3,(H,14,15). The summed E-state index contributed by atoms with van der Waals surface area (Å²) in [6.07, 6.45) is 4.48. The summed E-state index contributed by atoms with van der Waals surface area (Å²) in [5.74, 6) is 0.799. The Bertz CT molecular complexity index is 447. The molecule has 2 rings (SSSR count). The van der Waals surface area contributed by atoms with Crippen LogP contribution >= 0.6 is 0 Å². The molecule has 2 aromatic rings. The molecular formula is C11H14N4. The molecule has 4 nitrogen and oxygen atoms in total. The Hall–Kier alpha value is -1.68. The molecule has 2 aromatic heterocycles. The lowest BCUT2D eigenvalue weighted by Crippen LogP contribution is -1.97. The number of nitrogens with zero attached hydrogens (tertiary/aromatic N) is 2. The van der Waals surface area contributed by atoms with Crippen molar-refractivity contribution in [1.82, 2.24) is 15.0 Å². The third kappa shape index (κ3) is 1.89. The SMILES string of the molecule is CCc1cccnc1-c1ncc(CN)[nH]1. The monoisotopic (exact) mass is 202 g/mol. The van der Waals surface area contributed by atoms with Crippen LogP contribution in [0.1, 0.15) is 18.2 Å². The molecule has 0 bridgehead atoms. The molecule has 2 heterocycles. The second-order valence-electron chi connectivity index (χ2n) is 3.33. The van der Waals surface area contributed by atoms with E-state index in [0.29, 0.717) is 6.54 Å². The Kier molecular flexibility index (Phi) is 2.78. The molecule has 78 valence electrons. The van der Waals surface area contributed by atoms with Gasteiger partial charge in [0.1, 0.15) is 5.69 Å². The summed E-state index contributed by atoms with van der Waals surface area (Å²) in [5, 5.41) is 0. The van der Waals surface area contributed by atoms with Crippen molar-refractivity contribution in [1.29, 1.82) is 0 Å². The smallest absolute Gasteiger partial charge is 0.156 e. The number of H-pyrrole nitrogens is 1. The molecule has 0 aliphatic rings. The van der Waals surface area contributed by atoms with E-state index >= 15 is 0 Å². The normalized spacial score (nSPS) is 10.5. The van der Waals surface area contributed by atoms with Gasteiger partial charge in [-0.05, 0) is 18.1 Å². The Balaban J connectivity index is 2.44. The van der Waals surface area contributed by atoms with Crippen LogP contribution in [0.3, 0.4) is 0 Å². The average Bonchev–Trinajstić information content (AvgIpc) is 2.77. The number of aryl methyl sites for hydroxylation is 1. The van der Waals surface area contributed by atoms with Crippen molar-refractivity contribution in [3.63, 3.8) is 0 Å². The van der Waals surface area contributed by atoms with Gasteiger partial charge in [-0.3, -0.25) is 4.98 Å². The Labute approximate surface area is 88.6 Å². The lowest BCUT2D eigenvalue weighted by Gasteiger charge is -2.02. The molecule has 0 spiro atoms. The second kappa shape index (κ2) is 4.23. The minimum absolute atomic E-state index is 0.474.